The van der Waals surface area contributed by atoms with Gasteiger partial charge in [0, 0.05) is 28.8 Å². The number of nitrogens with two attached hydrogens (primary N) is 1. The molecule has 5 aromatic rings. The van der Waals surface area contributed by atoms with Crippen molar-refractivity contribution in [3.63, 3.8) is 0 Å². The number of hydrogen-bond acceptors (Lipinski definition) is 10. The molecule has 1 atom stereocenters. The molecule has 0 aliphatic heterocycles. The Kier molecular flexibility index (Phi) is 7.81. The molecule has 0 aliphatic carbocycles. The van der Waals surface area contributed by atoms with E-state index in [1.807, 2.05) is 6.92 Å². The number of aromatic nitrogens is 4. The van der Waals surface area contributed by atoms with Crippen LogP contribution in [-0.4, -0.2) is 45.1 Å². The number of benzene rings is 2. The van der Waals surface area contributed by atoms with Crippen molar-refractivity contribution < 1.29 is 28.5 Å². The Labute approximate surface area is 241 Å². The second-order valence-electron chi connectivity index (χ2n) is 8.83. The fourth-order valence-electron chi connectivity index (χ4n) is 3.96. The van der Waals surface area contributed by atoms with Crippen molar-refractivity contribution in [3.05, 3.63) is 65.3 Å². The number of fused-ring (bicyclic) bond motifs is 2. The lowest BCUT2D eigenvalue weighted by Gasteiger charge is -2.26. The van der Waals surface area contributed by atoms with E-state index < -0.39 is 17.8 Å². The largest absolute Gasteiger partial charge is 0.480 e. The summed E-state index contributed by atoms with van der Waals surface area (Å²) in [5.41, 5.74) is 7.66. The van der Waals surface area contributed by atoms with Crippen molar-refractivity contribution >= 4 is 61.9 Å². The van der Waals surface area contributed by atoms with Gasteiger partial charge < -0.3 is 10.5 Å². The van der Waals surface area contributed by atoms with Gasteiger partial charge >= 0.3 is 6.09 Å². The van der Waals surface area contributed by atoms with Crippen LogP contribution in [0.15, 0.2) is 48.8 Å². The zero-order valence-corrected chi connectivity index (χ0v) is 23.5. The van der Waals surface area contributed by atoms with E-state index in [0.717, 1.165) is 0 Å². The number of pyridine rings is 1. The van der Waals surface area contributed by atoms with Crippen LogP contribution in [0, 0.1) is 5.82 Å². The highest BCUT2D eigenvalue weighted by Crippen LogP contribution is 2.38. The molecule has 210 valence electrons. The zero-order valence-electron chi connectivity index (χ0n) is 21.9. The van der Waals surface area contributed by atoms with Crippen molar-refractivity contribution in [2.75, 3.05) is 12.0 Å². The molecule has 3 aromatic heterocycles. The lowest BCUT2D eigenvalue weighted by atomic mass is 10.2. The minimum Gasteiger partial charge on any atom is -0.480 e. The SMILES string of the molecule is CCC(C)N(C(=O)OOc1cc2sc(-c3cc(Cl)cc4nc(OC)cnc34)nc2cc1F)c1ccc(C(N)=O)nc1. The first-order valence-electron chi connectivity index (χ1n) is 12.2. The average molecular weight is 597 g/mol. The van der Waals surface area contributed by atoms with Crippen LogP contribution in [-0.2, 0) is 4.89 Å². The van der Waals surface area contributed by atoms with Crippen LogP contribution in [0.2, 0.25) is 5.02 Å². The van der Waals surface area contributed by atoms with E-state index in [1.54, 1.807) is 19.1 Å². The van der Waals surface area contributed by atoms with E-state index in [2.05, 4.69) is 19.9 Å². The molecule has 0 fully saturated rings. The van der Waals surface area contributed by atoms with Crippen molar-refractivity contribution in [2.45, 2.75) is 26.3 Å². The third-order valence-corrected chi connectivity index (χ3v) is 7.45. The lowest BCUT2D eigenvalue weighted by Crippen LogP contribution is -2.39. The first kappa shape index (κ1) is 27.9. The summed E-state index contributed by atoms with van der Waals surface area (Å²) in [6.45, 7) is 3.66. The fraction of sp³-hybridized carbons (Fsp3) is 0.185. The highest BCUT2D eigenvalue weighted by molar-refractivity contribution is 7.21. The molecule has 2 aromatic carbocycles. The smallest absolute Gasteiger partial charge is 0.457 e. The van der Waals surface area contributed by atoms with Gasteiger partial charge in [0.2, 0.25) is 11.6 Å². The van der Waals surface area contributed by atoms with E-state index >= 15 is 0 Å². The normalized spacial score (nSPS) is 11.8. The van der Waals surface area contributed by atoms with Gasteiger partial charge in [0.1, 0.15) is 10.7 Å². The van der Waals surface area contributed by atoms with Gasteiger partial charge in [-0.15, -0.1) is 11.3 Å². The quantitative estimate of drug-likeness (QED) is 0.170. The predicted molar refractivity (Wildman–Crippen MR) is 152 cm³/mol. The van der Waals surface area contributed by atoms with E-state index in [4.69, 9.17) is 31.8 Å². The van der Waals surface area contributed by atoms with Gasteiger partial charge in [0.15, 0.2) is 5.82 Å². The molecule has 0 saturated carbocycles. The van der Waals surface area contributed by atoms with Crippen LogP contribution < -0.4 is 20.3 Å². The molecular weight excluding hydrogens is 575 g/mol. The maximum absolute atomic E-state index is 15.0. The maximum Gasteiger partial charge on any atom is 0.457 e. The Balaban J connectivity index is 1.41. The number of rotatable bonds is 8. The lowest BCUT2D eigenvalue weighted by molar-refractivity contribution is -0.142. The number of hydrogen-bond donors (Lipinski definition) is 1. The van der Waals surface area contributed by atoms with Crippen molar-refractivity contribution in [3.8, 4) is 22.2 Å². The average Bonchev–Trinajstić information content (AvgIpc) is 3.37. The molecule has 1 unspecified atom stereocenters. The minimum absolute atomic E-state index is 0.0410. The Morgan fingerprint density at radius 2 is 1.93 bits per heavy atom. The van der Waals surface area contributed by atoms with E-state index in [-0.39, 0.29) is 17.5 Å². The number of primary amides is 1. The Morgan fingerprint density at radius 1 is 1.12 bits per heavy atom. The third kappa shape index (κ3) is 5.67. The number of amides is 2. The molecule has 0 spiro atoms. The molecule has 0 saturated heterocycles. The van der Waals surface area contributed by atoms with Gasteiger partial charge in [-0.1, -0.05) is 18.5 Å². The van der Waals surface area contributed by atoms with Crippen molar-refractivity contribution in [2.24, 2.45) is 5.73 Å². The predicted octanol–water partition coefficient (Wildman–Crippen LogP) is 5.94. The van der Waals surface area contributed by atoms with Crippen LogP contribution >= 0.6 is 22.9 Å². The molecule has 0 aliphatic rings. The van der Waals surface area contributed by atoms with E-state index in [9.17, 15) is 14.0 Å². The van der Waals surface area contributed by atoms with Gasteiger partial charge in [-0.2, -0.15) is 0 Å². The summed E-state index contributed by atoms with van der Waals surface area (Å²) in [6.07, 6.45) is 2.46. The molecule has 2 N–H and O–H groups in total. The summed E-state index contributed by atoms with van der Waals surface area (Å²) in [7, 11) is 1.49. The number of halogens is 2. The Morgan fingerprint density at radius 3 is 2.61 bits per heavy atom. The monoisotopic (exact) mass is 596 g/mol. The first-order valence-corrected chi connectivity index (χ1v) is 13.4. The van der Waals surface area contributed by atoms with E-state index in [0.29, 0.717) is 54.8 Å². The molecule has 0 radical (unpaired) electrons. The second-order valence-corrected chi connectivity index (χ2v) is 10.3. The summed E-state index contributed by atoms with van der Waals surface area (Å²) in [5, 5.41) is 0.942. The molecule has 3 heterocycles. The van der Waals surface area contributed by atoms with Crippen molar-refractivity contribution in [1.82, 2.24) is 19.9 Å². The fourth-order valence-corrected chi connectivity index (χ4v) is 5.17. The van der Waals surface area contributed by atoms with Gasteiger partial charge in [-0.25, -0.2) is 34.0 Å². The Hall–Kier alpha value is -4.62. The van der Waals surface area contributed by atoms with Crippen LogP contribution in [0.3, 0.4) is 0 Å². The summed E-state index contributed by atoms with van der Waals surface area (Å²) in [5.74, 6) is -1.47. The molecule has 14 heteroatoms. The molecule has 11 nitrogen and oxygen atoms in total. The summed E-state index contributed by atoms with van der Waals surface area (Å²) in [6, 6.07) is 8.49. The van der Waals surface area contributed by atoms with Crippen molar-refractivity contribution in [1.29, 1.82) is 0 Å². The highest BCUT2D eigenvalue weighted by atomic mass is 35.5. The topological polar surface area (TPSA) is 143 Å². The van der Waals surface area contributed by atoms with Gasteiger partial charge in [-0.05, 0) is 37.6 Å². The van der Waals surface area contributed by atoms with Crippen LogP contribution in [0.25, 0.3) is 31.8 Å². The third-order valence-electron chi connectivity index (χ3n) is 6.18. The molecule has 5 rings (SSSR count). The van der Waals surface area contributed by atoms with Crippen LogP contribution in [0.4, 0.5) is 14.9 Å². The number of carbonyl (C=O) groups is 2. The Bertz CT molecular complexity index is 1780. The second kappa shape index (κ2) is 11.5. The van der Waals surface area contributed by atoms with Gasteiger partial charge in [0.25, 0.3) is 5.91 Å². The highest BCUT2D eigenvalue weighted by Gasteiger charge is 2.25. The zero-order chi connectivity index (χ0) is 29.3. The number of ether oxygens (including phenoxy) is 1. The van der Waals surface area contributed by atoms with Gasteiger partial charge in [-0.3, -0.25) is 14.6 Å². The standard InChI is InChI=1S/C27H22ClFN6O5S/c1-4-13(2)35(15-5-6-18(25(30)36)31-11-15)27(37)40-39-21-10-22-19(9-17(21)29)34-26(41-22)16-7-14(28)8-20-24(16)32-12-23(33-20)38-3/h5-13H,4H2,1-3H3,(H2,30,36). The number of carbonyl (C=O) groups excluding carboxylic acids is 2. The number of methoxy groups -OCH3 is 1. The summed E-state index contributed by atoms with van der Waals surface area (Å²) < 4.78 is 20.7. The van der Waals surface area contributed by atoms with E-state index in [1.165, 1.54) is 60.0 Å². The summed E-state index contributed by atoms with van der Waals surface area (Å²) in [4.78, 5) is 53.1. The number of thiazole rings is 1. The van der Waals surface area contributed by atoms with Gasteiger partial charge in [0.05, 0.1) is 46.4 Å². The minimum atomic E-state index is -0.906. The number of nitrogens with zero attached hydrogens (tertiary/aromatic N) is 5. The first-order chi connectivity index (χ1) is 19.7. The molecule has 0 bridgehead atoms. The maximum atomic E-state index is 15.0. The molecule has 2 amide bonds. The summed E-state index contributed by atoms with van der Waals surface area (Å²) >= 11 is 7.57. The molecular formula is C27H22ClFN6O5S. The number of anilines is 1. The van der Waals surface area contributed by atoms with Crippen LogP contribution in [0.1, 0.15) is 30.8 Å². The molecule has 41 heavy (non-hydrogen) atoms. The van der Waals surface area contributed by atoms with Crippen LogP contribution in [0.5, 0.6) is 11.6 Å².